The van der Waals surface area contributed by atoms with Gasteiger partial charge in [0.15, 0.2) is 0 Å². The van der Waals surface area contributed by atoms with E-state index in [1.807, 2.05) is 11.3 Å². The molecule has 20 heavy (non-hydrogen) atoms. The topological polar surface area (TPSA) is 12.5 Å². The van der Waals surface area contributed by atoms with Gasteiger partial charge in [0.1, 0.15) is 0 Å². The summed E-state index contributed by atoms with van der Waals surface area (Å²) in [6.07, 6.45) is 2.65. The molecule has 0 saturated carbocycles. The van der Waals surface area contributed by atoms with E-state index < -0.39 is 0 Å². The Kier molecular flexibility index (Phi) is 4.94. The smallest absolute Gasteiger partial charge is 0.0605 e. The molecular formula is C16H20ClNOS. The average Bonchev–Trinajstić information content (AvgIpc) is 2.90. The number of likely N-dealkylation sites (tertiary alicyclic amines) is 1. The number of halogens is 1. The van der Waals surface area contributed by atoms with Crippen LogP contribution in [0.25, 0.3) is 10.1 Å². The maximum atomic E-state index is 5.73. The normalized spacial score (nSPS) is 17.9. The van der Waals surface area contributed by atoms with Crippen molar-refractivity contribution in [2.75, 3.05) is 25.6 Å². The first kappa shape index (κ1) is 14.3. The van der Waals surface area contributed by atoms with Crippen molar-refractivity contribution in [3.05, 3.63) is 35.2 Å². The standard InChI is InChI=1S/C16H20ClNOS/c17-7-10-19-14-5-8-18(9-6-14)11-13-12-20-16-4-2-1-3-15(13)16/h1-4,12,14H,5-11H2. The Balaban J connectivity index is 1.57. The highest BCUT2D eigenvalue weighted by Gasteiger charge is 2.20. The molecule has 1 aliphatic heterocycles. The van der Waals surface area contributed by atoms with Crippen LogP contribution in [-0.2, 0) is 11.3 Å². The molecule has 1 aliphatic rings. The van der Waals surface area contributed by atoms with Gasteiger partial charge in [-0.1, -0.05) is 18.2 Å². The molecule has 2 aromatic rings. The van der Waals surface area contributed by atoms with E-state index in [4.69, 9.17) is 16.3 Å². The first-order chi connectivity index (χ1) is 9.86. The first-order valence-corrected chi connectivity index (χ1v) is 8.63. The van der Waals surface area contributed by atoms with Gasteiger partial charge in [-0.15, -0.1) is 22.9 Å². The fourth-order valence-corrected chi connectivity index (χ4v) is 3.88. The van der Waals surface area contributed by atoms with E-state index in [-0.39, 0.29) is 0 Å². The van der Waals surface area contributed by atoms with E-state index in [9.17, 15) is 0 Å². The Morgan fingerprint density at radius 1 is 1.25 bits per heavy atom. The Morgan fingerprint density at radius 2 is 2.05 bits per heavy atom. The minimum Gasteiger partial charge on any atom is -0.377 e. The molecule has 0 N–H and O–H groups in total. The molecule has 108 valence electrons. The summed E-state index contributed by atoms with van der Waals surface area (Å²) >= 11 is 7.51. The quantitative estimate of drug-likeness (QED) is 0.770. The summed E-state index contributed by atoms with van der Waals surface area (Å²) in [5.41, 5.74) is 1.46. The summed E-state index contributed by atoms with van der Waals surface area (Å²) in [6.45, 7) is 3.99. The molecule has 2 heterocycles. The first-order valence-electron chi connectivity index (χ1n) is 7.22. The Hall–Kier alpha value is -0.610. The van der Waals surface area contributed by atoms with Gasteiger partial charge in [-0.05, 0) is 35.2 Å². The molecule has 0 unspecified atom stereocenters. The summed E-state index contributed by atoms with van der Waals surface area (Å²) in [5, 5.41) is 3.72. The van der Waals surface area contributed by atoms with E-state index in [0.717, 1.165) is 32.5 Å². The highest BCUT2D eigenvalue weighted by molar-refractivity contribution is 7.17. The third-order valence-electron chi connectivity index (χ3n) is 3.92. The number of fused-ring (bicyclic) bond motifs is 1. The zero-order chi connectivity index (χ0) is 13.8. The van der Waals surface area contributed by atoms with Gasteiger partial charge in [-0.2, -0.15) is 0 Å². The minimum absolute atomic E-state index is 0.407. The third-order valence-corrected chi connectivity index (χ3v) is 5.09. The van der Waals surface area contributed by atoms with Crippen molar-refractivity contribution in [1.29, 1.82) is 0 Å². The summed E-state index contributed by atoms with van der Waals surface area (Å²) in [5.74, 6) is 0.598. The van der Waals surface area contributed by atoms with Crippen LogP contribution in [0.3, 0.4) is 0 Å². The van der Waals surface area contributed by atoms with Crippen LogP contribution in [0.15, 0.2) is 29.6 Å². The zero-order valence-electron chi connectivity index (χ0n) is 11.6. The summed E-state index contributed by atoms with van der Waals surface area (Å²) in [7, 11) is 0. The molecule has 0 atom stereocenters. The lowest BCUT2D eigenvalue weighted by molar-refractivity contribution is 0.0136. The number of piperidine rings is 1. The fraction of sp³-hybridized carbons (Fsp3) is 0.500. The average molecular weight is 310 g/mol. The van der Waals surface area contributed by atoms with Gasteiger partial charge in [-0.25, -0.2) is 0 Å². The van der Waals surface area contributed by atoms with Gasteiger partial charge in [0, 0.05) is 30.2 Å². The summed E-state index contributed by atoms with van der Waals surface area (Å²) in [4.78, 5) is 2.54. The molecule has 1 saturated heterocycles. The van der Waals surface area contributed by atoms with Crippen molar-refractivity contribution in [3.8, 4) is 0 Å². The van der Waals surface area contributed by atoms with Crippen LogP contribution in [-0.4, -0.2) is 36.6 Å². The summed E-state index contributed by atoms with van der Waals surface area (Å²) in [6, 6.07) is 8.68. The number of alkyl halides is 1. The predicted octanol–water partition coefficient (Wildman–Crippen LogP) is 4.12. The van der Waals surface area contributed by atoms with E-state index in [1.165, 1.54) is 15.6 Å². The van der Waals surface area contributed by atoms with Gasteiger partial charge < -0.3 is 4.74 Å². The SMILES string of the molecule is ClCCOC1CCN(Cc2csc3ccccc23)CC1. The van der Waals surface area contributed by atoms with Crippen molar-refractivity contribution in [2.24, 2.45) is 0 Å². The Bertz CT molecular complexity index is 548. The van der Waals surface area contributed by atoms with Crippen molar-refractivity contribution in [2.45, 2.75) is 25.5 Å². The van der Waals surface area contributed by atoms with Crippen molar-refractivity contribution in [3.63, 3.8) is 0 Å². The fourth-order valence-electron chi connectivity index (χ4n) is 2.84. The molecule has 0 bridgehead atoms. The maximum Gasteiger partial charge on any atom is 0.0605 e. The van der Waals surface area contributed by atoms with E-state index in [1.54, 1.807) is 0 Å². The monoisotopic (exact) mass is 309 g/mol. The molecule has 0 spiro atoms. The second-order valence-electron chi connectivity index (χ2n) is 5.29. The molecule has 4 heteroatoms. The second kappa shape index (κ2) is 6.90. The van der Waals surface area contributed by atoms with Crippen LogP contribution < -0.4 is 0 Å². The number of rotatable bonds is 5. The van der Waals surface area contributed by atoms with Crippen LogP contribution in [0.2, 0.25) is 0 Å². The summed E-state index contributed by atoms with van der Waals surface area (Å²) < 4.78 is 7.12. The van der Waals surface area contributed by atoms with Crippen molar-refractivity contribution >= 4 is 33.0 Å². The lowest BCUT2D eigenvalue weighted by atomic mass is 10.1. The van der Waals surface area contributed by atoms with Gasteiger partial charge in [0.25, 0.3) is 0 Å². The number of hydrogen-bond donors (Lipinski definition) is 0. The van der Waals surface area contributed by atoms with E-state index >= 15 is 0 Å². The maximum absolute atomic E-state index is 5.73. The van der Waals surface area contributed by atoms with Crippen molar-refractivity contribution < 1.29 is 4.74 Å². The molecule has 0 amide bonds. The van der Waals surface area contributed by atoms with E-state index in [2.05, 4.69) is 34.5 Å². The second-order valence-corrected chi connectivity index (χ2v) is 6.58. The number of thiophene rings is 1. The largest absolute Gasteiger partial charge is 0.377 e. The van der Waals surface area contributed by atoms with Gasteiger partial charge in [0.05, 0.1) is 12.7 Å². The van der Waals surface area contributed by atoms with E-state index in [0.29, 0.717) is 18.6 Å². The number of nitrogens with zero attached hydrogens (tertiary/aromatic N) is 1. The van der Waals surface area contributed by atoms with Crippen LogP contribution >= 0.6 is 22.9 Å². The zero-order valence-corrected chi connectivity index (χ0v) is 13.1. The molecular weight excluding hydrogens is 290 g/mol. The van der Waals surface area contributed by atoms with Gasteiger partial charge in [-0.3, -0.25) is 4.90 Å². The van der Waals surface area contributed by atoms with Gasteiger partial charge >= 0.3 is 0 Å². The molecule has 0 radical (unpaired) electrons. The highest BCUT2D eigenvalue weighted by atomic mass is 35.5. The van der Waals surface area contributed by atoms with Crippen LogP contribution in [0.1, 0.15) is 18.4 Å². The van der Waals surface area contributed by atoms with Crippen LogP contribution in [0.5, 0.6) is 0 Å². The molecule has 1 aromatic heterocycles. The lowest BCUT2D eigenvalue weighted by Crippen LogP contribution is -2.36. The predicted molar refractivity (Wildman–Crippen MR) is 86.8 cm³/mol. The van der Waals surface area contributed by atoms with Gasteiger partial charge in [0.2, 0.25) is 0 Å². The third kappa shape index (κ3) is 3.34. The van der Waals surface area contributed by atoms with Crippen molar-refractivity contribution in [1.82, 2.24) is 4.90 Å². The lowest BCUT2D eigenvalue weighted by Gasteiger charge is -2.31. The molecule has 2 nitrogen and oxygen atoms in total. The number of ether oxygens (including phenoxy) is 1. The Labute approximate surface area is 129 Å². The van der Waals surface area contributed by atoms with Crippen LogP contribution in [0, 0.1) is 0 Å². The Morgan fingerprint density at radius 3 is 2.85 bits per heavy atom. The highest BCUT2D eigenvalue weighted by Crippen LogP contribution is 2.27. The van der Waals surface area contributed by atoms with Crippen LogP contribution in [0.4, 0.5) is 0 Å². The molecule has 1 aromatic carbocycles. The molecule has 1 fully saturated rings. The number of hydrogen-bond acceptors (Lipinski definition) is 3. The molecule has 0 aliphatic carbocycles. The minimum atomic E-state index is 0.407. The number of benzene rings is 1. The molecule has 3 rings (SSSR count).